The van der Waals surface area contributed by atoms with Crippen molar-refractivity contribution in [2.75, 3.05) is 37.7 Å². The maximum Gasteiger partial charge on any atom is 0.261 e. The lowest BCUT2D eigenvalue weighted by Gasteiger charge is -2.59. The summed E-state index contributed by atoms with van der Waals surface area (Å²) in [5.74, 6) is 0.994. The zero-order valence-corrected chi connectivity index (χ0v) is 21.5. The molecule has 37 heavy (non-hydrogen) atoms. The number of phenolic OH excluding ortho intramolecular Hbond substituents is 1. The van der Waals surface area contributed by atoms with Crippen molar-refractivity contribution in [1.29, 1.82) is 0 Å². The van der Waals surface area contributed by atoms with Gasteiger partial charge in [-0.2, -0.15) is 0 Å². The summed E-state index contributed by atoms with van der Waals surface area (Å²) in [6, 6.07) is 8.16. The fraction of sp³-hybridized carbons (Fsp3) is 0.571. The summed E-state index contributed by atoms with van der Waals surface area (Å²) in [6.07, 6.45) is 5.21. The molecule has 2 aliphatic heterocycles. The van der Waals surface area contributed by atoms with Crippen molar-refractivity contribution in [2.45, 2.75) is 49.0 Å². The second-order valence-electron chi connectivity index (χ2n) is 12.5. The maximum absolute atomic E-state index is 13.3. The molecule has 4 aliphatic carbocycles. The molecule has 3 heterocycles. The Balaban J connectivity index is 1.18. The number of hydrogen-bond donors (Lipinski definition) is 2. The van der Waals surface area contributed by atoms with Gasteiger partial charge in [0.05, 0.1) is 11.5 Å². The predicted octanol–water partition coefficient (Wildman–Crippen LogP) is 1.35. The van der Waals surface area contributed by atoms with Crippen LogP contribution < -0.4 is 5.56 Å². The zero-order chi connectivity index (χ0) is 25.3. The summed E-state index contributed by atoms with van der Waals surface area (Å²) in [6.45, 7) is 2.49. The van der Waals surface area contributed by atoms with E-state index in [1.54, 1.807) is 6.07 Å². The van der Waals surface area contributed by atoms with Gasteiger partial charge in [0.15, 0.2) is 9.84 Å². The Kier molecular flexibility index (Phi) is 4.26. The Labute approximate surface area is 215 Å². The van der Waals surface area contributed by atoms with E-state index < -0.39 is 15.4 Å². The lowest BCUT2D eigenvalue weighted by atomic mass is 9.58. The second-order valence-corrected chi connectivity index (χ2v) is 14.8. The predicted molar refractivity (Wildman–Crippen MR) is 137 cm³/mol. The Bertz CT molecular complexity index is 1530. The van der Waals surface area contributed by atoms with Gasteiger partial charge in [-0.1, -0.05) is 6.07 Å². The smallest absolute Gasteiger partial charge is 0.261 e. The molecule has 2 N–H and O–H groups in total. The molecule has 4 atom stereocenters. The van der Waals surface area contributed by atoms with E-state index in [1.165, 1.54) is 28.9 Å². The van der Waals surface area contributed by atoms with Gasteiger partial charge in [0.2, 0.25) is 0 Å². The minimum absolute atomic E-state index is 0.0565. The van der Waals surface area contributed by atoms with E-state index in [4.69, 9.17) is 0 Å². The van der Waals surface area contributed by atoms with Gasteiger partial charge in [-0.15, -0.1) is 0 Å². The summed E-state index contributed by atoms with van der Waals surface area (Å²) in [5, 5.41) is 10.4. The molecule has 9 heteroatoms. The van der Waals surface area contributed by atoms with Crippen LogP contribution in [0.25, 0.3) is 0 Å². The fourth-order valence-electron chi connectivity index (χ4n) is 8.76. The number of phenols is 1. The van der Waals surface area contributed by atoms with E-state index in [0.717, 1.165) is 43.1 Å². The van der Waals surface area contributed by atoms with Crippen LogP contribution in [0.3, 0.4) is 0 Å². The number of carbonyl (C=O) groups excluding carboxylic acids is 1. The van der Waals surface area contributed by atoms with Gasteiger partial charge in [0.25, 0.3) is 11.5 Å². The van der Waals surface area contributed by atoms with E-state index in [1.807, 2.05) is 12.1 Å². The SMILES string of the molecule is O=C(c1cc2c([nH]c1=O)CC13CC4(CN(CC5CC5)[C@H]4[C@@H]1C2)c1ccc(O)cc13)N1CCS(=O)(=O)CC1. The van der Waals surface area contributed by atoms with Crippen LogP contribution in [0.4, 0.5) is 0 Å². The van der Waals surface area contributed by atoms with Crippen LogP contribution in [-0.4, -0.2) is 77.9 Å². The molecular weight excluding hydrogens is 490 g/mol. The first-order chi connectivity index (χ1) is 17.7. The molecule has 2 spiro atoms. The molecule has 2 saturated heterocycles. The highest BCUT2D eigenvalue weighted by Gasteiger charge is 2.74. The maximum atomic E-state index is 13.3. The number of carbonyl (C=O) groups is 1. The normalized spacial score (nSPS) is 34.8. The van der Waals surface area contributed by atoms with Crippen LogP contribution in [-0.2, 0) is 33.5 Å². The third-order valence-corrected chi connectivity index (χ3v) is 12.1. The number of aromatic hydroxyl groups is 1. The van der Waals surface area contributed by atoms with Crippen LogP contribution in [0.15, 0.2) is 29.1 Å². The first-order valence-electron chi connectivity index (χ1n) is 13.5. The summed E-state index contributed by atoms with van der Waals surface area (Å²) in [4.78, 5) is 33.7. The number of H-pyrrole nitrogens is 1. The van der Waals surface area contributed by atoms with Crippen LogP contribution in [0.1, 0.15) is 52.0 Å². The number of aromatic amines is 1. The van der Waals surface area contributed by atoms with Crippen LogP contribution >= 0.6 is 0 Å². The number of fused-ring (bicyclic) bond motifs is 3. The molecule has 194 valence electrons. The minimum atomic E-state index is -3.12. The average molecular weight is 522 g/mol. The number of rotatable bonds is 3. The highest BCUT2D eigenvalue weighted by molar-refractivity contribution is 7.91. The number of nitrogens with one attached hydrogen (secondary N) is 1. The molecule has 1 aromatic heterocycles. The molecule has 2 bridgehead atoms. The van der Waals surface area contributed by atoms with Crippen molar-refractivity contribution >= 4 is 15.7 Å². The average Bonchev–Trinajstić information content (AvgIpc) is 3.58. The van der Waals surface area contributed by atoms with Crippen LogP contribution in [0.2, 0.25) is 0 Å². The molecular formula is C28H31N3O5S. The molecule has 4 fully saturated rings. The fourth-order valence-corrected chi connectivity index (χ4v) is 9.96. The summed E-state index contributed by atoms with van der Waals surface area (Å²) in [5.41, 5.74) is 4.30. The number of nitrogens with zero attached hydrogens (tertiary/aromatic N) is 2. The Morgan fingerprint density at radius 1 is 1.11 bits per heavy atom. The van der Waals surface area contributed by atoms with E-state index in [-0.39, 0.29) is 46.9 Å². The van der Waals surface area contributed by atoms with Crippen molar-refractivity contribution < 1.29 is 18.3 Å². The summed E-state index contributed by atoms with van der Waals surface area (Å²) < 4.78 is 23.6. The molecule has 1 amide bonds. The number of aromatic nitrogens is 1. The molecule has 6 aliphatic rings. The van der Waals surface area contributed by atoms with E-state index in [2.05, 4.69) is 16.0 Å². The Morgan fingerprint density at radius 3 is 2.65 bits per heavy atom. The van der Waals surface area contributed by atoms with Gasteiger partial charge in [0, 0.05) is 48.7 Å². The number of pyridine rings is 1. The summed E-state index contributed by atoms with van der Waals surface area (Å²) in [7, 11) is -3.12. The monoisotopic (exact) mass is 521 g/mol. The number of amides is 1. The van der Waals surface area contributed by atoms with Gasteiger partial charge in [-0.25, -0.2) is 8.42 Å². The number of benzene rings is 1. The van der Waals surface area contributed by atoms with Crippen LogP contribution in [0.5, 0.6) is 5.75 Å². The van der Waals surface area contributed by atoms with Gasteiger partial charge >= 0.3 is 0 Å². The topological polar surface area (TPSA) is 111 Å². The van der Waals surface area contributed by atoms with Crippen molar-refractivity contribution in [1.82, 2.24) is 14.8 Å². The van der Waals surface area contributed by atoms with E-state index in [9.17, 15) is 23.1 Å². The lowest BCUT2D eigenvalue weighted by Crippen LogP contribution is -2.68. The van der Waals surface area contributed by atoms with E-state index >= 15 is 0 Å². The number of hydrogen-bond acceptors (Lipinski definition) is 6. The first-order valence-corrected chi connectivity index (χ1v) is 15.3. The lowest BCUT2D eigenvalue weighted by molar-refractivity contribution is -0.0271. The number of likely N-dealkylation sites (tertiary alicyclic amines) is 1. The standard InChI is InChI=1S/C28H31N3O5S/c32-18-3-4-20-21(11-18)27-12-23-17(10-22(27)24-28(20,14-27)15-31(24)13-16-1-2-16)9-19(25(33)29-23)26(34)30-5-7-37(35,36)8-6-30/h3-4,9,11,16,22,24,32H,1-2,5-8,10,12-15H2,(H,29,33)/t22-,24-,27?,28?/m0/s1. The van der Waals surface area contributed by atoms with Gasteiger partial charge in [-0.05, 0) is 78.8 Å². The second kappa shape index (κ2) is 7.05. The third kappa shape index (κ3) is 2.95. The largest absolute Gasteiger partial charge is 0.508 e. The molecule has 1 aromatic carbocycles. The first kappa shape index (κ1) is 22.3. The highest BCUT2D eigenvalue weighted by atomic mass is 32.2. The minimum Gasteiger partial charge on any atom is -0.508 e. The van der Waals surface area contributed by atoms with Crippen molar-refractivity contribution in [3.05, 3.63) is 62.6 Å². The van der Waals surface area contributed by atoms with Crippen molar-refractivity contribution in [2.24, 2.45) is 11.8 Å². The molecule has 2 saturated carbocycles. The quantitative estimate of drug-likeness (QED) is 0.631. The Hall–Kier alpha value is -2.65. The Morgan fingerprint density at radius 2 is 1.89 bits per heavy atom. The zero-order valence-electron chi connectivity index (χ0n) is 20.7. The molecule has 8 nitrogen and oxygen atoms in total. The van der Waals surface area contributed by atoms with Gasteiger partial charge in [-0.3, -0.25) is 14.5 Å². The van der Waals surface area contributed by atoms with E-state index in [0.29, 0.717) is 24.1 Å². The van der Waals surface area contributed by atoms with Crippen molar-refractivity contribution in [3.63, 3.8) is 0 Å². The number of sulfone groups is 1. The molecule has 2 unspecified atom stereocenters. The third-order valence-electron chi connectivity index (χ3n) is 10.4. The molecule has 8 rings (SSSR count). The van der Waals surface area contributed by atoms with Gasteiger partial charge in [0.1, 0.15) is 11.3 Å². The van der Waals surface area contributed by atoms with Crippen molar-refractivity contribution in [3.8, 4) is 5.75 Å². The van der Waals surface area contributed by atoms with Gasteiger partial charge < -0.3 is 15.0 Å². The molecule has 0 radical (unpaired) electrons. The highest BCUT2D eigenvalue weighted by Crippen LogP contribution is 2.71. The summed E-state index contributed by atoms with van der Waals surface area (Å²) >= 11 is 0. The molecule has 2 aromatic rings. The van der Waals surface area contributed by atoms with Crippen LogP contribution in [0, 0.1) is 11.8 Å².